The van der Waals surface area contributed by atoms with Crippen molar-refractivity contribution < 1.29 is 4.42 Å². The molecule has 1 aromatic carbocycles. The molecule has 1 aromatic heterocycles. The maximum Gasteiger partial charge on any atom is 0.117 e. The molecule has 0 saturated carbocycles. The van der Waals surface area contributed by atoms with Gasteiger partial charge in [-0.1, -0.05) is 12.1 Å². The Bertz CT molecular complexity index is 540. The summed E-state index contributed by atoms with van der Waals surface area (Å²) in [6.45, 7) is 10.1. The van der Waals surface area contributed by atoms with Gasteiger partial charge in [-0.05, 0) is 62.1 Å². The van der Waals surface area contributed by atoms with Crippen molar-refractivity contribution in [2.75, 3.05) is 0 Å². The van der Waals surface area contributed by atoms with Crippen molar-refractivity contribution in [3.63, 3.8) is 0 Å². The summed E-state index contributed by atoms with van der Waals surface area (Å²) in [6, 6.07) is 8.54. The predicted octanol–water partition coefficient (Wildman–Crippen LogP) is 3.80. The van der Waals surface area contributed by atoms with E-state index >= 15 is 0 Å². The summed E-state index contributed by atoms with van der Waals surface area (Å²) in [4.78, 5) is 0. The van der Waals surface area contributed by atoms with Crippen LogP contribution in [-0.4, -0.2) is 0 Å². The molecule has 0 atom stereocenters. The van der Waals surface area contributed by atoms with E-state index in [1.165, 1.54) is 22.3 Å². The van der Waals surface area contributed by atoms with Crippen LogP contribution in [0.3, 0.4) is 0 Å². The minimum absolute atomic E-state index is 0.778. The maximum atomic E-state index is 5.53. The largest absolute Gasteiger partial charge is 0.465 e. The number of rotatable bonds is 4. The van der Waals surface area contributed by atoms with Gasteiger partial charge in [0, 0.05) is 6.54 Å². The zero-order valence-corrected chi connectivity index (χ0v) is 11.6. The van der Waals surface area contributed by atoms with Crippen molar-refractivity contribution in [3.05, 3.63) is 58.0 Å². The Balaban J connectivity index is 1.96. The SMILES string of the molecule is Cc1ccc(CNCc2cc(C)c(C)cc2C)o1. The van der Waals surface area contributed by atoms with Crippen LogP contribution in [0.1, 0.15) is 33.8 Å². The van der Waals surface area contributed by atoms with Crippen LogP contribution in [0.2, 0.25) is 0 Å². The van der Waals surface area contributed by atoms with Gasteiger partial charge in [0.15, 0.2) is 0 Å². The van der Waals surface area contributed by atoms with Gasteiger partial charge in [0.1, 0.15) is 11.5 Å². The molecule has 0 fully saturated rings. The third kappa shape index (κ3) is 3.02. The van der Waals surface area contributed by atoms with Crippen LogP contribution in [0.15, 0.2) is 28.7 Å². The first kappa shape index (κ1) is 12.9. The third-order valence-corrected chi connectivity index (χ3v) is 3.36. The minimum Gasteiger partial charge on any atom is -0.465 e. The highest BCUT2D eigenvalue weighted by molar-refractivity contribution is 5.36. The van der Waals surface area contributed by atoms with Crippen molar-refractivity contribution in [2.24, 2.45) is 0 Å². The smallest absolute Gasteiger partial charge is 0.117 e. The Kier molecular flexibility index (Phi) is 3.87. The molecule has 18 heavy (non-hydrogen) atoms. The molecule has 1 N–H and O–H groups in total. The number of furan rings is 1. The summed E-state index contributed by atoms with van der Waals surface area (Å²) in [6.07, 6.45) is 0. The number of hydrogen-bond acceptors (Lipinski definition) is 2. The molecule has 0 unspecified atom stereocenters. The summed E-state index contributed by atoms with van der Waals surface area (Å²) in [7, 11) is 0. The second-order valence-electron chi connectivity index (χ2n) is 4.98. The molecule has 1 heterocycles. The van der Waals surface area contributed by atoms with Gasteiger partial charge in [-0.15, -0.1) is 0 Å². The van der Waals surface area contributed by atoms with Crippen LogP contribution in [0.25, 0.3) is 0 Å². The van der Waals surface area contributed by atoms with Gasteiger partial charge in [0.25, 0.3) is 0 Å². The molecule has 2 rings (SSSR count). The first-order valence-electron chi connectivity index (χ1n) is 6.39. The van der Waals surface area contributed by atoms with E-state index in [0.717, 1.165) is 24.6 Å². The zero-order chi connectivity index (χ0) is 13.1. The summed E-state index contributed by atoms with van der Waals surface area (Å²) >= 11 is 0. The maximum absolute atomic E-state index is 5.53. The van der Waals surface area contributed by atoms with Gasteiger partial charge >= 0.3 is 0 Å². The molecule has 0 bridgehead atoms. The van der Waals surface area contributed by atoms with E-state index in [0.29, 0.717) is 0 Å². The van der Waals surface area contributed by atoms with E-state index < -0.39 is 0 Å². The Labute approximate surface area is 109 Å². The standard InChI is InChI=1S/C16H21NO/c1-11-7-13(3)15(8-12(11)2)9-17-10-16-6-5-14(4)18-16/h5-8,17H,9-10H2,1-4H3. The first-order valence-corrected chi connectivity index (χ1v) is 6.39. The molecule has 0 aliphatic rings. The lowest BCUT2D eigenvalue weighted by Gasteiger charge is -2.10. The third-order valence-electron chi connectivity index (χ3n) is 3.36. The number of nitrogens with one attached hydrogen (secondary N) is 1. The minimum atomic E-state index is 0.778. The Morgan fingerprint density at radius 1 is 0.889 bits per heavy atom. The summed E-state index contributed by atoms with van der Waals surface area (Å²) in [5.74, 6) is 1.96. The quantitative estimate of drug-likeness (QED) is 0.883. The molecule has 2 heteroatoms. The summed E-state index contributed by atoms with van der Waals surface area (Å²) in [5, 5.41) is 3.43. The van der Waals surface area contributed by atoms with E-state index in [9.17, 15) is 0 Å². The predicted molar refractivity (Wildman–Crippen MR) is 74.6 cm³/mol. The van der Waals surface area contributed by atoms with E-state index in [1.54, 1.807) is 0 Å². The molecule has 96 valence electrons. The molecular formula is C16H21NO. The van der Waals surface area contributed by atoms with Gasteiger partial charge in [-0.25, -0.2) is 0 Å². The fraction of sp³-hybridized carbons (Fsp3) is 0.375. The van der Waals surface area contributed by atoms with E-state index in [4.69, 9.17) is 4.42 Å². The van der Waals surface area contributed by atoms with Crippen molar-refractivity contribution in [1.82, 2.24) is 5.32 Å². The van der Waals surface area contributed by atoms with E-state index in [2.05, 4.69) is 38.2 Å². The number of aryl methyl sites for hydroxylation is 4. The lowest BCUT2D eigenvalue weighted by molar-refractivity contribution is 0.461. The molecule has 0 radical (unpaired) electrons. The van der Waals surface area contributed by atoms with Crippen molar-refractivity contribution in [3.8, 4) is 0 Å². The topological polar surface area (TPSA) is 25.2 Å². The van der Waals surface area contributed by atoms with Crippen LogP contribution in [0.4, 0.5) is 0 Å². The van der Waals surface area contributed by atoms with Gasteiger partial charge < -0.3 is 9.73 Å². The van der Waals surface area contributed by atoms with E-state index in [-0.39, 0.29) is 0 Å². The Morgan fingerprint density at radius 2 is 1.61 bits per heavy atom. The fourth-order valence-electron chi connectivity index (χ4n) is 2.11. The monoisotopic (exact) mass is 243 g/mol. The Morgan fingerprint density at radius 3 is 2.28 bits per heavy atom. The number of benzene rings is 1. The van der Waals surface area contributed by atoms with Crippen molar-refractivity contribution >= 4 is 0 Å². The fourth-order valence-corrected chi connectivity index (χ4v) is 2.11. The van der Waals surface area contributed by atoms with Crippen LogP contribution < -0.4 is 5.32 Å². The Hall–Kier alpha value is -1.54. The van der Waals surface area contributed by atoms with E-state index in [1.807, 2.05) is 19.1 Å². The lowest BCUT2D eigenvalue weighted by Crippen LogP contribution is -2.13. The molecule has 2 nitrogen and oxygen atoms in total. The lowest BCUT2D eigenvalue weighted by atomic mass is 10.0. The second-order valence-corrected chi connectivity index (χ2v) is 4.98. The normalized spacial score (nSPS) is 10.9. The first-order chi connectivity index (χ1) is 8.56. The molecule has 0 spiro atoms. The van der Waals surface area contributed by atoms with Crippen LogP contribution in [-0.2, 0) is 13.1 Å². The highest BCUT2D eigenvalue weighted by Gasteiger charge is 2.03. The second kappa shape index (κ2) is 5.40. The van der Waals surface area contributed by atoms with Gasteiger partial charge in [-0.3, -0.25) is 0 Å². The summed E-state index contributed by atoms with van der Waals surface area (Å²) in [5.41, 5.74) is 5.42. The van der Waals surface area contributed by atoms with Gasteiger partial charge in [-0.2, -0.15) is 0 Å². The summed E-state index contributed by atoms with van der Waals surface area (Å²) < 4.78 is 5.53. The van der Waals surface area contributed by atoms with Crippen molar-refractivity contribution in [2.45, 2.75) is 40.8 Å². The van der Waals surface area contributed by atoms with Crippen LogP contribution >= 0.6 is 0 Å². The van der Waals surface area contributed by atoms with Crippen molar-refractivity contribution in [1.29, 1.82) is 0 Å². The molecule has 0 aliphatic carbocycles. The molecule has 2 aromatic rings. The average Bonchev–Trinajstić information content (AvgIpc) is 2.71. The highest BCUT2D eigenvalue weighted by Crippen LogP contribution is 2.15. The molecule has 0 saturated heterocycles. The zero-order valence-electron chi connectivity index (χ0n) is 11.6. The molecule has 0 aliphatic heterocycles. The van der Waals surface area contributed by atoms with Crippen LogP contribution in [0, 0.1) is 27.7 Å². The van der Waals surface area contributed by atoms with Gasteiger partial charge in [0.05, 0.1) is 6.54 Å². The molecular weight excluding hydrogens is 222 g/mol. The number of hydrogen-bond donors (Lipinski definition) is 1. The molecule has 0 amide bonds. The highest BCUT2D eigenvalue weighted by atomic mass is 16.3. The average molecular weight is 243 g/mol. The van der Waals surface area contributed by atoms with Crippen LogP contribution in [0.5, 0.6) is 0 Å². The van der Waals surface area contributed by atoms with Gasteiger partial charge in [0.2, 0.25) is 0 Å².